The van der Waals surface area contributed by atoms with Gasteiger partial charge in [0.1, 0.15) is 0 Å². The molecule has 1 N–H and O–H groups in total. The molecular formula is C15H13N3O2. The standard InChI is InChI=1S/C15H13N3O2/c1-4-11(10-5-2-8-16-12(10)6-1)15-17-14(18-20-15)13-7-3-9-19-13/h1,3-4,6-7,9,16H,2,5,8H2. The highest BCUT2D eigenvalue weighted by Gasteiger charge is 2.19. The largest absolute Gasteiger partial charge is 0.461 e. The van der Waals surface area contributed by atoms with Crippen molar-refractivity contribution in [3.05, 3.63) is 42.2 Å². The maximum absolute atomic E-state index is 5.39. The highest BCUT2D eigenvalue weighted by atomic mass is 16.5. The van der Waals surface area contributed by atoms with Gasteiger partial charge in [0.25, 0.3) is 5.89 Å². The highest BCUT2D eigenvalue weighted by Crippen LogP contribution is 2.32. The average Bonchev–Trinajstić information content (AvgIpc) is 3.17. The van der Waals surface area contributed by atoms with E-state index in [1.807, 2.05) is 18.2 Å². The van der Waals surface area contributed by atoms with Gasteiger partial charge in [-0.15, -0.1) is 0 Å². The van der Waals surface area contributed by atoms with Crippen molar-refractivity contribution < 1.29 is 8.94 Å². The SMILES string of the molecule is c1coc(-c2noc(-c3cccc4c3CCCN4)n2)c1. The van der Waals surface area contributed by atoms with Crippen molar-refractivity contribution in [2.45, 2.75) is 12.8 Å². The summed E-state index contributed by atoms with van der Waals surface area (Å²) in [6.07, 6.45) is 3.74. The van der Waals surface area contributed by atoms with E-state index >= 15 is 0 Å². The van der Waals surface area contributed by atoms with Crippen molar-refractivity contribution in [1.29, 1.82) is 0 Å². The van der Waals surface area contributed by atoms with Crippen LogP contribution in [0, 0.1) is 0 Å². The number of hydrogen-bond acceptors (Lipinski definition) is 5. The molecule has 3 aromatic rings. The van der Waals surface area contributed by atoms with Crippen molar-refractivity contribution in [3.63, 3.8) is 0 Å². The van der Waals surface area contributed by atoms with Crippen LogP contribution in [0.2, 0.25) is 0 Å². The molecule has 5 heteroatoms. The fraction of sp³-hybridized carbons (Fsp3) is 0.200. The molecule has 0 aliphatic carbocycles. The minimum atomic E-state index is 0.478. The minimum absolute atomic E-state index is 0.478. The van der Waals surface area contributed by atoms with E-state index in [2.05, 4.69) is 21.5 Å². The molecule has 0 unspecified atom stereocenters. The lowest BCUT2D eigenvalue weighted by Gasteiger charge is -2.19. The first-order chi connectivity index (χ1) is 9.92. The van der Waals surface area contributed by atoms with E-state index in [4.69, 9.17) is 8.94 Å². The molecule has 0 radical (unpaired) electrons. The van der Waals surface area contributed by atoms with E-state index in [9.17, 15) is 0 Å². The van der Waals surface area contributed by atoms with E-state index in [0.29, 0.717) is 17.5 Å². The molecule has 1 aliphatic rings. The average molecular weight is 267 g/mol. The van der Waals surface area contributed by atoms with E-state index in [0.717, 1.165) is 30.6 Å². The fourth-order valence-corrected chi connectivity index (χ4v) is 2.55. The molecule has 0 amide bonds. The van der Waals surface area contributed by atoms with E-state index in [1.165, 1.54) is 5.56 Å². The summed E-state index contributed by atoms with van der Waals surface area (Å²) in [5.74, 6) is 1.63. The first kappa shape index (κ1) is 11.3. The smallest absolute Gasteiger partial charge is 0.258 e. The van der Waals surface area contributed by atoms with Crippen LogP contribution in [-0.2, 0) is 6.42 Å². The van der Waals surface area contributed by atoms with Crippen molar-refractivity contribution in [2.75, 3.05) is 11.9 Å². The molecule has 20 heavy (non-hydrogen) atoms. The Labute approximate surface area is 115 Å². The number of anilines is 1. The van der Waals surface area contributed by atoms with Gasteiger partial charge in [-0.25, -0.2) is 0 Å². The molecule has 1 aliphatic heterocycles. The van der Waals surface area contributed by atoms with Crippen LogP contribution in [-0.4, -0.2) is 16.7 Å². The summed E-state index contributed by atoms with van der Waals surface area (Å²) >= 11 is 0. The third-order valence-corrected chi connectivity index (χ3v) is 3.49. The Balaban J connectivity index is 1.78. The summed E-state index contributed by atoms with van der Waals surface area (Å²) in [7, 11) is 0. The first-order valence-corrected chi connectivity index (χ1v) is 6.65. The molecule has 3 heterocycles. The Kier molecular flexibility index (Phi) is 2.55. The molecule has 0 fully saturated rings. The zero-order valence-corrected chi connectivity index (χ0v) is 10.8. The molecule has 0 bridgehead atoms. The number of furan rings is 1. The van der Waals surface area contributed by atoms with Gasteiger partial charge >= 0.3 is 0 Å². The van der Waals surface area contributed by atoms with E-state index in [1.54, 1.807) is 12.3 Å². The van der Waals surface area contributed by atoms with Gasteiger partial charge in [-0.05, 0) is 42.7 Å². The maximum atomic E-state index is 5.39. The zero-order chi connectivity index (χ0) is 13.4. The van der Waals surface area contributed by atoms with E-state index in [-0.39, 0.29) is 0 Å². The molecule has 0 saturated carbocycles. The Morgan fingerprint density at radius 2 is 2.15 bits per heavy atom. The summed E-state index contributed by atoms with van der Waals surface area (Å²) < 4.78 is 10.7. The first-order valence-electron chi connectivity index (χ1n) is 6.65. The monoisotopic (exact) mass is 267 g/mol. The van der Waals surface area contributed by atoms with Crippen molar-refractivity contribution in [3.8, 4) is 23.0 Å². The maximum Gasteiger partial charge on any atom is 0.258 e. The summed E-state index contributed by atoms with van der Waals surface area (Å²) in [5, 5.41) is 7.38. The van der Waals surface area contributed by atoms with Crippen LogP contribution >= 0.6 is 0 Å². The second-order valence-corrected chi connectivity index (χ2v) is 4.76. The number of fused-ring (bicyclic) bond motifs is 1. The van der Waals surface area contributed by atoms with Crippen LogP contribution in [0.4, 0.5) is 5.69 Å². The van der Waals surface area contributed by atoms with Gasteiger partial charge in [0.15, 0.2) is 5.76 Å². The Bertz CT molecular complexity index is 731. The second-order valence-electron chi connectivity index (χ2n) is 4.76. The number of nitrogens with zero attached hydrogens (tertiary/aromatic N) is 2. The fourth-order valence-electron chi connectivity index (χ4n) is 2.55. The molecule has 0 spiro atoms. The molecule has 1 aromatic carbocycles. The summed E-state index contributed by atoms with van der Waals surface area (Å²) in [5.41, 5.74) is 3.40. The number of hydrogen-bond donors (Lipinski definition) is 1. The normalized spacial score (nSPS) is 13.8. The lowest BCUT2D eigenvalue weighted by molar-refractivity contribution is 0.429. The minimum Gasteiger partial charge on any atom is -0.461 e. The van der Waals surface area contributed by atoms with Gasteiger partial charge in [0.2, 0.25) is 5.82 Å². The molecule has 0 atom stereocenters. The Hall–Kier alpha value is -2.56. The highest BCUT2D eigenvalue weighted by molar-refractivity contribution is 5.70. The molecular weight excluding hydrogens is 254 g/mol. The third kappa shape index (κ3) is 1.79. The van der Waals surface area contributed by atoms with Crippen molar-refractivity contribution in [1.82, 2.24) is 10.1 Å². The van der Waals surface area contributed by atoms with Crippen LogP contribution in [0.3, 0.4) is 0 Å². The van der Waals surface area contributed by atoms with Gasteiger partial charge < -0.3 is 14.3 Å². The van der Waals surface area contributed by atoms with Crippen LogP contribution in [0.1, 0.15) is 12.0 Å². The van der Waals surface area contributed by atoms with E-state index < -0.39 is 0 Å². The van der Waals surface area contributed by atoms with Gasteiger partial charge in [0, 0.05) is 17.8 Å². The lowest BCUT2D eigenvalue weighted by Crippen LogP contribution is -2.12. The van der Waals surface area contributed by atoms with Crippen LogP contribution in [0.5, 0.6) is 0 Å². The topological polar surface area (TPSA) is 64.1 Å². The molecule has 5 nitrogen and oxygen atoms in total. The van der Waals surface area contributed by atoms with Crippen LogP contribution < -0.4 is 5.32 Å². The molecule has 2 aromatic heterocycles. The Morgan fingerprint density at radius 1 is 1.15 bits per heavy atom. The summed E-state index contributed by atoms with van der Waals surface area (Å²) in [6.45, 7) is 1.01. The predicted molar refractivity (Wildman–Crippen MR) is 74.2 cm³/mol. The summed E-state index contributed by atoms with van der Waals surface area (Å²) in [6, 6.07) is 9.73. The molecule has 0 saturated heterocycles. The van der Waals surface area contributed by atoms with Crippen molar-refractivity contribution in [2.24, 2.45) is 0 Å². The van der Waals surface area contributed by atoms with Crippen LogP contribution in [0.25, 0.3) is 23.0 Å². The van der Waals surface area contributed by atoms with Crippen LogP contribution in [0.15, 0.2) is 45.5 Å². The number of nitrogens with one attached hydrogen (secondary N) is 1. The number of benzene rings is 1. The lowest BCUT2D eigenvalue weighted by atomic mass is 9.97. The van der Waals surface area contributed by atoms with Gasteiger partial charge in [-0.3, -0.25) is 0 Å². The van der Waals surface area contributed by atoms with Gasteiger partial charge in [-0.1, -0.05) is 11.2 Å². The van der Waals surface area contributed by atoms with Gasteiger partial charge in [-0.2, -0.15) is 4.98 Å². The summed E-state index contributed by atoms with van der Waals surface area (Å²) in [4.78, 5) is 4.43. The number of aromatic nitrogens is 2. The molecule has 100 valence electrons. The third-order valence-electron chi connectivity index (χ3n) is 3.49. The van der Waals surface area contributed by atoms with Gasteiger partial charge in [0.05, 0.1) is 6.26 Å². The quantitative estimate of drug-likeness (QED) is 0.771. The Morgan fingerprint density at radius 3 is 3.05 bits per heavy atom. The second kappa shape index (κ2) is 4.52. The molecule has 4 rings (SSSR count). The number of rotatable bonds is 2. The van der Waals surface area contributed by atoms with Crippen molar-refractivity contribution >= 4 is 5.69 Å². The predicted octanol–water partition coefficient (Wildman–Crippen LogP) is 3.35. The zero-order valence-electron chi connectivity index (χ0n) is 10.8.